The molecule has 3 saturated heterocycles. The van der Waals surface area contributed by atoms with E-state index < -0.39 is 119 Å². The van der Waals surface area contributed by atoms with Crippen LogP contribution in [0.1, 0.15) is 172 Å². The fourth-order valence-electron chi connectivity index (χ4n) is 14.3. The zero-order valence-corrected chi connectivity index (χ0v) is 71.1. The Morgan fingerprint density at radius 2 is 1.37 bits per heavy atom. The third-order valence-corrected chi connectivity index (χ3v) is 21.2. The van der Waals surface area contributed by atoms with E-state index >= 15 is 0 Å². The fraction of sp³-hybridized carbons (Fsp3) is 0.590. The maximum absolute atomic E-state index is 13.6. The van der Waals surface area contributed by atoms with Gasteiger partial charge in [0, 0.05) is 82.1 Å². The summed E-state index contributed by atoms with van der Waals surface area (Å²) in [5, 5.41) is 26.9. The van der Waals surface area contributed by atoms with Crippen LogP contribution >= 0.6 is 31.0 Å². The van der Waals surface area contributed by atoms with Gasteiger partial charge in [-0.05, 0) is 158 Å². The first-order valence-corrected chi connectivity index (χ1v) is 43.8. The number of ether oxygens (including phenoxy) is 7. The molecule has 110 heavy (non-hydrogen) atoms. The van der Waals surface area contributed by atoms with Gasteiger partial charge < -0.3 is 68.9 Å². The zero-order valence-electron chi connectivity index (χ0n) is 67.1. The van der Waals surface area contributed by atoms with Gasteiger partial charge in [0.25, 0.3) is 0 Å². The molecule has 6 aliphatic rings. The molecule has 23 nitrogen and oxygen atoms in total. The number of esters is 4. The summed E-state index contributed by atoms with van der Waals surface area (Å²) in [6, 6.07) is 12.6. The van der Waals surface area contributed by atoms with Crippen molar-refractivity contribution < 1.29 is 95.2 Å². The van der Waals surface area contributed by atoms with Gasteiger partial charge in [-0.3, -0.25) is 28.8 Å². The second-order valence-electron chi connectivity index (χ2n) is 31.2. The molecule has 4 N–H and O–H groups in total. The van der Waals surface area contributed by atoms with E-state index in [4.69, 9.17) is 64.1 Å². The molecule has 0 spiro atoms. The number of aliphatic hydroxyl groups is 2. The van der Waals surface area contributed by atoms with Gasteiger partial charge in [-0.15, -0.1) is 13.2 Å². The predicted molar refractivity (Wildman–Crippen MR) is 425 cm³/mol. The largest absolute Gasteiger partial charge is 0.502 e. The van der Waals surface area contributed by atoms with Crippen LogP contribution in [0.5, 0.6) is 5.75 Å². The monoisotopic (exact) mass is 1680 g/mol. The van der Waals surface area contributed by atoms with E-state index in [1.54, 1.807) is 73.6 Å². The predicted octanol–water partition coefficient (Wildman–Crippen LogP) is 12.2. The van der Waals surface area contributed by atoms with E-state index in [9.17, 15) is 48.6 Å². The van der Waals surface area contributed by atoms with Gasteiger partial charge in [0.2, 0.25) is 23.6 Å². The number of hydrogen-bond donors (Lipinski definition) is 4. The van der Waals surface area contributed by atoms with Crippen LogP contribution in [0.15, 0.2) is 79.9 Å². The summed E-state index contributed by atoms with van der Waals surface area (Å²) in [5.74, 6) is -5.34. The number of β-amino-alcohol motifs (C(OH)–C–C–N with tert-alkyl or cyclic N) is 1. The number of hydrogen-bond acceptors (Lipinski definition) is 19. The molecule has 2 aliphatic carbocycles. The molecule has 4 aliphatic heterocycles. The quantitative estimate of drug-likeness (QED) is 0.0171. The molecule has 5 fully saturated rings. The third-order valence-electron chi connectivity index (χ3n) is 19.1. The summed E-state index contributed by atoms with van der Waals surface area (Å²) >= 11 is 4.04. The average Bonchev–Trinajstić information content (AvgIpc) is 1.59. The Morgan fingerprint density at radius 3 is 1.92 bits per heavy atom. The number of fused-ring (bicyclic) bond motifs is 2. The topological polar surface area (TPSA) is 279 Å². The number of carbonyl (C=O) groups is 8. The van der Waals surface area contributed by atoms with E-state index in [0.29, 0.717) is 43.9 Å². The molecule has 10 atom stereocenters. The summed E-state index contributed by atoms with van der Waals surface area (Å²) in [7, 11) is 11.7. The van der Waals surface area contributed by atoms with Crippen molar-refractivity contribution in [3.05, 3.63) is 131 Å². The van der Waals surface area contributed by atoms with E-state index in [1.165, 1.54) is 54.6 Å². The minimum absolute atomic E-state index is 0.0181. The maximum atomic E-state index is 13.6. The van der Waals surface area contributed by atoms with Crippen molar-refractivity contribution in [2.75, 3.05) is 75.6 Å². The molecule has 9 rings (SSSR count). The van der Waals surface area contributed by atoms with Crippen LogP contribution in [0.3, 0.4) is 0 Å². The number of halogens is 3. The fourth-order valence-corrected chi connectivity index (χ4v) is 16.3. The summed E-state index contributed by atoms with van der Waals surface area (Å²) in [5.41, 5.74) is 7.90. The molecule has 612 valence electrons. The van der Waals surface area contributed by atoms with Crippen LogP contribution < -0.4 is 25.2 Å². The number of nitrogens with one attached hydrogen (secondary N) is 2. The molecule has 0 unspecified atom stereocenters. The molecule has 0 bridgehead atoms. The summed E-state index contributed by atoms with van der Waals surface area (Å²) in [6.45, 7) is 44.3. The number of rotatable bonds is 23. The molecule has 0 radical (unpaired) electrons. The second-order valence-corrected chi connectivity index (χ2v) is 37.4. The van der Waals surface area contributed by atoms with Crippen LogP contribution in [0.2, 0.25) is 5.02 Å². The number of aryl methyl sites for hydroxylation is 6. The molecule has 0 aromatic heterocycles. The number of likely N-dealkylation sites (tertiary alicyclic amines) is 1. The van der Waals surface area contributed by atoms with Gasteiger partial charge in [-0.25, -0.2) is 9.59 Å². The Morgan fingerprint density at radius 1 is 0.791 bits per heavy atom. The molecule has 4 amide bonds. The number of amides is 4. The third kappa shape index (κ3) is 27.0. The van der Waals surface area contributed by atoms with Crippen LogP contribution in [0.25, 0.3) is 0 Å². The first kappa shape index (κ1) is 92.1. The molecule has 27 heteroatoms. The van der Waals surface area contributed by atoms with Gasteiger partial charge in [0.05, 0.1) is 56.7 Å². The van der Waals surface area contributed by atoms with Crippen LogP contribution in [0, 0.1) is 71.9 Å². The number of benzene rings is 3. The number of carbonyl (C=O) groups excluding carboxylic acids is 8. The van der Waals surface area contributed by atoms with Crippen molar-refractivity contribution in [1.29, 1.82) is 0 Å². The van der Waals surface area contributed by atoms with Gasteiger partial charge in [0.15, 0.2) is 0 Å². The maximum Gasteiger partial charge on any atom is 0.332 e. The van der Waals surface area contributed by atoms with Crippen molar-refractivity contribution >= 4 is 94.5 Å². The summed E-state index contributed by atoms with van der Waals surface area (Å²) in [6.07, 6.45) is 7.67. The molecular weight excluding hydrogens is 1560 g/mol. The summed E-state index contributed by atoms with van der Waals surface area (Å²) in [4.78, 5) is 112. The first-order valence-electron chi connectivity index (χ1n) is 38.0. The van der Waals surface area contributed by atoms with Crippen molar-refractivity contribution in [3.8, 4) is 5.75 Å². The minimum Gasteiger partial charge on any atom is -0.502 e. The minimum atomic E-state index is -1.85. The Hall–Kier alpha value is -6.76. The molecule has 3 aromatic carbocycles. The van der Waals surface area contributed by atoms with Gasteiger partial charge >= 0.3 is 132 Å². The van der Waals surface area contributed by atoms with E-state index in [1.807, 2.05) is 42.7 Å². The Balaban J connectivity index is 0.000000240. The van der Waals surface area contributed by atoms with E-state index in [0.717, 1.165) is 24.4 Å². The molecular formula is C83H118Cl3N6O17Ru-. The Kier molecular flexibility index (Phi) is 35.0. The van der Waals surface area contributed by atoms with Gasteiger partial charge in [0.1, 0.15) is 34.4 Å². The molecule has 3 aromatic rings. The Labute approximate surface area is 669 Å². The van der Waals surface area contributed by atoms with Crippen LogP contribution in [0.4, 0.5) is 11.4 Å². The summed E-state index contributed by atoms with van der Waals surface area (Å²) < 4.78 is 39.9. The van der Waals surface area contributed by atoms with Gasteiger partial charge in [-0.2, -0.15) is 6.67 Å². The number of aliphatic hydroxyl groups excluding tert-OH is 2. The molecule has 2 saturated carbocycles. The SMILES string of the molecule is C=CCCOCC[C@H](CC(=O)OC(C)(C)C)C(=O)N1C[C@H](O)C[C@H]1C(=O)N[C@]1(C(=O)OCC)C[C@H]1C=C.CC(C)Oc1ccc(Cl)cc1[CH]=[Ru]([Cl])[Cl].CCOC(=O)[C@@]12C[C@H]1/C=C\CCOCC[C@H](CC(=O)OC(C)(C)C)C(=O)N1C[C@H](O)C[C@H]1C(=O)N2.Cc1cc(C)c(N2[CH-]N(c3c(C)cc(C)cc3C)CC2)c(C)c1. The first-order chi connectivity index (χ1) is 51.7. The van der Waals surface area contributed by atoms with E-state index in [2.05, 4.69) is 106 Å². The Bertz CT molecular complexity index is 3690. The normalized spacial score (nSPS) is 23.7. The van der Waals surface area contributed by atoms with Crippen molar-refractivity contribution in [2.45, 2.75) is 228 Å². The average molecular weight is 1680 g/mol. The zero-order chi connectivity index (χ0) is 81.8. The van der Waals surface area contributed by atoms with Crippen molar-refractivity contribution in [2.24, 2.45) is 23.7 Å². The van der Waals surface area contributed by atoms with Gasteiger partial charge in [-0.1, -0.05) is 59.7 Å². The number of anilines is 2. The van der Waals surface area contributed by atoms with Crippen LogP contribution in [-0.2, 0) is 80.3 Å². The second kappa shape index (κ2) is 41.9. The standard InChI is InChI=1S/C27H42N2O8.C25H38N2O8.C21H27N2.C10H11ClO.2ClH.Ru/c1-7-10-12-35-13-11-18(14-22(31)37-26(4,5)6)24(33)29-17-20(30)15-21(29)23(32)28-27(16-19(27)8-2)25(34)36-9-3;1-5-34-23(32)25-14-17(25)8-6-7-10-33-11-9-16(12-20(29)35-24(2,3)4)22(31)27-15-18(28)13-19(27)21(30)26-25;1-14-9-16(3)20(17(4)10-14)22-7-8-23(13-22)21-18(5)11-15(2)12-19(21)6;1-7(2)12-10-5-4-9(11)6-8(10)3;;;/h7-8,18-21,30H,1-2,9-17H2,3-6H3,(H,28,32);6,8,16-19,28H,5,7,9-15H2,1-4H3,(H,26,30);9-13H,7-8H2,1-6H3;3-7H,1-2H3;2*1H;/q;;-1;;;;+2/p-2/b;8-6-;;;;;/t18-,19-,20-,21+,27-;16-,17-,18-,19+,25-;;;;;/m11...../s1. The smallest absolute Gasteiger partial charge is 0.332 e. The number of nitrogens with zero attached hydrogens (tertiary/aromatic N) is 4. The van der Waals surface area contributed by atoms with Crippen LogP contribution in [-0.4, -0.2) is 191 Å². The van der Waals surface area contributed by atoms with Crippen molar-refractivity contribution in [1.82, 2.24) is 20.4 Å². The van der Waals surface area contributed by atoms with Crippen molar-refractivity contribution in [3.63, 3.8) is 0 Å². The van der Waals surface area contributed by atoms with E-state index in [-0.39, 0.29) is 96.0 Å². The molecule has 4 heterocycles.